The fourth-order valence-electron chi connectivity index (χ4n) is 1.71. The Hall–Kier alpha value is -2.06. The number of benzene rings is 1. The van der Waals surface area contributed by atoms with Gasteiger partial charge >= 0.3 is 6.18 Å². The first-order valence-electron chi connectivity index (χ1n) is 6.25. The van der Waals surface area contributed by atoms with Crippen LogP contribution in [0.15, 0.2) is 35.7 Å². The van der Waals surface area contributed by atoms with Crippen molar-refractivity contribution in [2.24, 2.45) is 0 Å². The maximum atomic E-state index is 12.9. The highest BCUT2D eigenvalue weighted by atomic mass is 35.5. The molecule has 4 nitrogen and oxygen atoms in total. The van der Waals surface area contributed by atoms with Gasteiger partial charge in [0.05, 0.1) is 22.7 Å². The van der Waals surface area contributed by atoms with Gasteiger partial charge in [-0.15, -0.1) is 11.3 Å². The highest BCUT2D eigenvalue weighted by Crippen LogP contribution is 2.36. The monoisotopic (exact) mass is 362 g/mol. The molecular weight excluding hydrogens is 353 g/mol. The molecule has 0 spiro atoms. The van der Waals surface area contributed by atoms with Gasteiger partial charge < -0.3 is 10.6 Å². The van der Waals surface area contributed by atoms with E-state index in [0.717, 1.165) is 12.1 Å². The summed E-state index contributed by atoms with van der Waals surface area (Å²) in [6, 6.07) is 6.25. The van der Waals surface area contributed by atoms with Gasteiger partial charge in [0, 0.05) is 5.02 Å². The fourth-order valence-corrected chi connectivity index (χ4v) is 2.52. The van der Waals surface area contributed by atoms with E-state index in [1.165, 1.54) is 17.4 Å². The Morgan fingerprint density at radius 1 is 1.22 bits per heavy atom. The summed E-state index contributed by atoms with van der Waals surface area (Å²) in [7, 11) is 0. The smallest absolute Gasteiger partial charge is 0.342 e. The lowest BCUT2D eigenvalue weighted by molar-refractivity contribution is -0.137. The molecule has 0 aliphatic carbocycles. The number of anilines is 1. The molecule has 0 aliphatic heterocycles. The van der Waals surface area contributed by atoms with Crippen LogP contribution in [0.1, 0.15) is 15.2 Å². The summed E-state index contributed by atoms with van der Waals surface area (Å²) in [5, 5.41) is 6.04. The van der Waals surface area contributed by atoms with E-state index in [-0.39, 0.29) is 5.02 Å². The van der Waals surface area contributed by atoms with Crippen LogP contribution in [0.2, 0.25) is 5.02 Å². The Kier molecular flexibility index (Phi) is 5.27. The fraction of sp³-hybridized carbons (Fsp3) is 0.143. The van der Waals surface area contributed by atoms with Crippen LogP contribution in [0.4, 0.5) is 18.9 Å². The third-order valence-corrected chi connectivity index (χ3v) is 3.82. The molecule has 0 atom stereocenters. The molecule has 0 radical (unpaired) electrons. The van der Waals surface area contributed by atoms with Crippen LogP contribution in [0, 0.1) is 0 Å². The quantitative estimate of drug-likeness (QED) is 0.869. The van der Waals surface area contributed by atoms with Crippen molar-refractivity contribution in [1.29, 1.82) is 0 Å². The van der Waals surface area contributed by atoms with E-state index in [1.807, 2.05) is 0 Å². The molecule has 0 unspecified atom stereocenters. The van der Waals surface area contributed by atoms with Crippen molar-refractivity contribution in [3.8, 4) is 0 Å². The molecule has 2 N–H and O–H groups in total. The van der Waals surface area contributed by atoms with Gasteiger partial charge in [0.15, 0.2) is 0 Å². The minimum atomic E-state index is -4.66. The molecule has 1 heterocycles. The topological polar surface area (TPSA) is 58.2 Å². The number of nitrogens with one attached hydrogen (secondary N) is 2. The van der Waals surface area contributed by atoms with Crippen LogP contribution in [-0.2, 0) is 11.0 Å². The summed E-state index contributed by atoms with van der Waals surface area (Å²) in [4.78, 5) is 23.8. The van der Waals surface area contributed by atoms with E-state index in [0.29, 0.717) is 4.88 Å². The molecule has 0 saturated heterocycles. The summed E-state index contributed by atoms with van der Waals surface area (Å²) < 4.78 is 38.7. The molecule has 1 aromatic carbocycles. The number of carbonyl (C=O) groups excluding carboxylic acids is 2. The molecule has 0 bridgehead atoms. The minimum absolute atomic E-state index is 0.0960. The number of carbonyl (C=O) groups is 2. The zero-order valence-electron chi connectivity index (χ0n) is 11.4. The van der Waals surface area contributed by atoms with Crippen LogP contribution in [-0.4, -0.2) is 18.4 Å². The first kappa shape index (κ1) is 17.3. The lowest BCUT2D eigenvalue weighted by atomic mass is 10.1. The molecule has 23 heavy (non-hydrogen) atoms. The van der Waals surface area contributed by atoms with Gasteiger partial charge in [0.2, 0.25) is 5.91 Å². The lowest BCUT2D eigenvalue weighted by Crippen LogP contribution is -2.32. The Bertz CT molecular complexity index is 717. The zero-order valence-corrected chi connectivity index (χ0v) is 13.0. The number of hydrogen-bond acceptors (Lipinski definition) is 3. The number of amides is 2. The summed E-state index contributed by atoms with van der Waals surface area (Å²) in [5.41, 5.74) is -1.47. The van der Waals surface area contributed by atoms with Crippen LogP contribution >= 0.6 is 22.9 Å². The molecule has 0 fully saturated rings. The second-order valence-corrected chi connectivity index (χ2v) is 5.78. The van der Waals surface area contributed by atoms with Crippen molar-refractivity contribution in [2.45, 2.75) is 6.18 Å². The predicted molar refractivity (Wildman–Crippen MR) is 81.7 cm³/mol. The number of hydrogen-bond donors (Lipinski definition) is 2. The van der Waals surface area contributed by atoms with Crippen LogP contribution in [0.25, 0.3) is 0 Å². The molecular formula is C14H10ClF3N2O2S. The Morgan fingerprint density at radius 3 is 2.57 bits per heavy atom. The van der Waals surface area contributed by atoms with E-state index in [1.54, 1.807) is 17.5 Å². The number of alkyl halides is 3. The highest BCUT2D eigenvalue weighted by molar-refractivity contribution is 7.12. The van der Waals surface area contributed by atoms with E-state index in [2.05, 4.69) is 10.6 Å². The van der Waals surface area contributed by atoms with E-state index in [9.17, 15) is 22.8 Å². The Morgan fingerprint density at radius 2 is 1.96 bits per heavy atom. The third kappa shape index (κ3) is 4.70. The minimum Gasteiger partial charge on any atom is -0.342 e. The van der Waals surface area contributed by atoms with Gasteiger partial charge in [0.25, 0.3) is 5.91 Å². The van der Waals surface area contributed by atoms with Gasteiger partial charge in [-0.05, 0) is 29.6 Å². The van der Waals surface area contributed by atoms with Gasteiger partial charge in [-0.1, -0.05) is 17.7 Å². The van der Waals surface area contributed by atoms with Crippen LogP contribution in [0.3, 0.4) is 0 Å². The predicted octanol–water partition coefficient (Wildman–Crippen LogP) is 3.79. The first-order chi connectivity index (χ1) is 10.8. The SMILES string of the molecule is O=C(CNC(=O)c1cccs1)Nc1ccc(Cl)cc1C(F)(F)F. The van der Waals surface area contributed by atoms with Crippen molar-refractivity contribution < 1.29 is 22.8 Å². The normalized spacial score (nSPS) is 11.1. The average Bonchev–Trinajstić information content (AvgIpc) is 3.00. The van der Waals surface area contributed by atoms with Crippen molar-refractivity contribution >= 4 is 40.4 Å². The Balaban J connectivity index is 2.02. The maximum Gasteiger partial charge on any atom is 0.418 e. The van der Waals surface area contributed by atoms with E-state index >= 15 is 0 Å². The van der Waals surface area contributed by atoms with Crippen molar-refractivity contribution in [2.75, 3.05) is 11.9 Å². The average molecular weight is 363 g/mol. The molecule has 2 rings (SSSR count). The molecule has 2 aromatic rings. The lowest BCUT2D eigenvalue weighted by Gasteiger charge is -2.14. The second kappa shape index (κ2) is 7.01. The standard InChI is InChI=1S/C14H10ClF3N2O2S/c15-8-3-4-10(9(6-8)14(16,17)18)20-12(21)7-19-13(22)11-2-1-5-23-11/h1-6H,7H2,(H,19,22)(H,20,21). The molecule has 1 aromatic heterocycles. The number of halogens is 4. The molecule has 9 heteroatoms. The number of thiophene rings is 1. The zero-order chi connectivity index (χ0) is 17.0. The van der Waals surface area contributed by atoms with Gasteiger partial charge in [-0.25, -0.2) is 0 Å². The largest absolute Gasteiger partial charge is 0.418 e. The van der Waals surface area contributed by atoms with Crippen molar-refractivity contribution in [3.63, 3.8) is 0 Å². The van der Waals surface area contributed by atoms with Crippen LogP contribution < -0.4 is 10.6 Å². The summed E-state index contributed by atoms with van der Waals surface area (Å²) in [5.74, 6) is -1.25. The molecule has 0 aliphatic rings. The summed E-state index contributed by atoms with van der Waals surface area (Å²) in [6.07, 6.45) is -4.66. The maximum absolute atomic E-state index is 12.9. The number of rotatable bonds is 4. The third-order valence-electron chi connectivity index (χ3n) is 2.72. The van der Waals surface area contributed by atoms with Gasteiger partial charge in [-0.2, -0.15) is 13.2 Å². The van der Waals surface area contributed by atoms with Gasteiger partial charge in [0.1, 0.15) is 0 Å². The summed E-state index contributed by atoms with van der Waals surface area (Å²) >= 11 is 6.74. The Labute approximate surface area is 138 Å². The summed E-state index contributed by atoms with van der Waals surface area (Å²) in [6.45, 7) is -0.448. The van der Waals surface area contributed by atoms with Crippen molar-refractivity contribution in [1.82, 2.24) is 5.32 Å². The second-order valence-electron chi connectivity index (χ2n) is 4.40. The van der Waals surface area contributed by atoms with Gasteiger partial charge in [-0.3, -0.25) is 9.59 Å². The van der Waals surface area contributed by atoms with E-state index < -0.39 is 35.8 Å². The molecule has 2 amide bonds. The first-order valence-corrected chi connectivity index (χ1v) is 7.51. The molecule has 122 valence electrons. The van der Waals surface area contributed by atoms with E-state index in [4.69, 9.17) is 11.6 Å². The molecule has 0 saturated carbocycles. The van der Waals surface area contributed by atoms with Crippen LogP contribution in [0.5, 0.6) is 0 Å². The highest BCUT2D eigenvalue weighted by Gasteiger charge is 2.34. The van der Waals surface area contributed by atoms with Crippen molar-refractivity contribution in [3.05, 3.63) is 51.2 Å².